The number of amides is 1. The van der Waals surface area contributed by atoms with E-state index in [0.29, 0.717) is 37.0 Å². The van der Waals surface area contributed by atoms with Crippen LogP contribution in [0.4, 0.5) is 23.2 Å². The van der Waals surface area contributed by atoms with Crippen LogP contribution in [0.25, 0.3) is 0 Å². The van der Waals surface area contributed by atoms with Gasteiger partial charge in [-0.15, -0.1) is 0 Å². The fraction of sp³-hybridized carbons (Fsp3) is 0.267. The van der Waals surface area contributed by atoms with E-state index >= 15 is 0 Å². The van der Waals surface area contributed by atoms with Crippen molar-refractivity contribution in [1.29, 1.82) is 0 Å². The molecule has 2 aromatic heterocycles. The van der Waals surface area contributed by atoms with E-state index in [1.165, 1.54) is 11.0 Å². The molecule has 0 N–H and O–H groups in total. The van der Waals surface area contributed by atoms with Gasteiger partial charge in [0.15, 0.2) is 5.82 Å². The molecular formula is C15H10BrF4N3O. The van der Waals surface area contributed by atoms with Gasteiger partial charge < -0.3 is 4.90 Å². The van der Waals surface area contributed by atoms with Crippen LogP contribution < -0.4 is 4.90 Å². The summed E-state index contributed by atoms with van der Waals surface area (Å²) in [6.45, 7) is 0.317. The first-order valence-corrected chi connectivity index (χ1v) is 7.76. The topological polar surface area (TPSA) is 46.1 Å². The van der Waals surface area contributed by atoms with Gasteiger partial charge in [-0.3, -0.25) is 9.78 Å². The third-order valence-electron chi connectivity index (χ3n) is 3.63. The maximum absolute atomic E-state index is 13.7. The summed E-state index contributed by atoms with van der Waals surface area (Å²) in [5, 5.41) is 0. The molecule has 0 spiro atoms. The number of rotatable bonds is 1. The lowest BCUT2D eigenvalue weighted by Crippen LogP contribution is -2.36. The van der Waals surface area contributed by atoms with Crippen molar-refractivity contribution in [3.63, 3.8) is 0 Å². The molecule has 3 rings (SSSR count). The molecule has 2 aromatic rings. The minimum Gasteiger partial charge on any atom is -0.305 e. The third-order valence-corrected chi connectivity index (χ3v) is 4.19. The van der Waals surface area contributed by atoms with Gasteiger partial charge in [0, 0.05) is 18.8 Å². The van der Waals surface area contributed by atoms with E-state index in [1.54, 1.807) is 0 Å². The van der Waals surface area contributed by atoms with Gasteiger partial charge in [-0.2, -0.15) is 13.2 Å². The largest absolute Gasteiger partial charge is 0.417 e. The molecule has 0 aromatic carbocycles. The van der Waals surface area contributed by atoms with E-state index in [-0.39, 0.29) is 10.3 Å². The van der Waals surface area contributed by atoms with Gasteiger partial charge in [0.2, 0.25) is 0 Å². The quantitative estimate of drug-likeness (QED) is 0.534. The Balaban J connectivity index is 1.93. The molecular weight excluding hydrogens is 394 g/mol. The molecule has 3 heterocycles. The summed E-state index contributed by atoms with van der Waals surface area (Å²) in [6, 6.07) is 3.00. The summed E-state index contributed by atoms with van der Waals surface area (Å²) >= 11 is 2.99. The molecule has 1 aliphatic heterocycles. The lowest BCUT2D eigenvalue weighted by Gasteiger charge is -2.28. The molecule has 0 atom stereocenters. The summed E-state index contributed by atoms with van der Waals surface area (Å²) in [5.41, 5.74) is -0.211. The molecule has 9 heteroatoms. The number of anilines is 1. The minimum absolute atomic E-state index is 0.0585. The average molecular weight is 404 g/mol. The molecule has 126 valence electrons. The van der Waals surface area contributed by atoms with Crippen LogP contribution in [0.5, 0.6) is 0 Å². The Bertz CT molecular complexity index is 793. The van der Waals surface area contributed by atoms with Gasteiger partial charge in [0.1, 0.15) is 10.3 Å². The Morgan fingerprint density at radius 3 is 2.67 bits per heavy atom. The van der Waals surface area contributed by atoms with Crippen LogP contribution in [-0.4, -0.2) is 22.4 Å². The van der Waals surface area contributed by atoms with Crippen molar-refractivity contribution in [1.82, 2.24) is 9.97 Å². The molecule has 0 radical (unpaired) electrons. The molecule has 0 bridgehead atoms. The molecule has 1 amide bonds. The molecule has 0 saturated carbocycles. The number of halogens is 5. The highest BCUT2D eigenvalue weighted by Gasteiger charge is 2.32. The van der Waals surface area contributed by atoms with Crippen molar-refractivity contribution in [3.8, 4) is 0 Å². The maximum Gasteiger partial charge on any atom is 0.417 e. The van der Waals surface area contributed by atoms with Crippen LogP contribution in [-0.2, 0) is 12.6 Å². The van der Waals surface area contributed by atoms with Crippen LogP contribution in [0.15, 0.2) is 29.0 Å². The predicted molar refractivity (Wildman–Crippen MR) is 81.1 cm³/mol. The Morgan fingerprint density at radius 2 is 2.04 bits per heavy atom. The van der Waals surface area contributed by atoms with Crippen molar-refractivity contribution < 1.29 is 22.4 Å². The number of hydrogen-bond donors (Lipinski definition) is 0. The Labute approximate surface area is 142 Å². The molecule has 4 nitrogen and oxygen atoms in total. The molecule has 0 unspecified atom stereocenters. The second kappa shape index (κ2) is 6.12. The number of nitrogens with zero attached hydrogens (tertiary/aromatic N) is 3. The van der Waals surface area contributed by atoms with E-state index < -0.39 is 23.5 Å². The number of carbonyl (C=O) groups excluding carboxylic acids is 1. The zero-order valence-electron chi connectivity index (χ0n) is 12.1. The Kier molecular flexibility index (Phi) is 4.29. The van der Waals surface area contributed by atoms with E-state index in [0.717, 1.165) is 12.1 Å². The lowest BCUT2D eigenvalue weighted by atomic mass is 10.1. The van der Waals surface area contributed by atoms with E-state index in [1.807, 2.05) is 0 Å². The smallest absolute Gasteiger partial charge is 0.305 e. The molecule has 0 saturated heterocycles. The van der Waals surface area contributed by atoms with E-state index in [4.69, 9.17) is 0 Å². The summed E-state index contributed by atoms with van der Waals surface area (Å²) in [6.07, 6.45) is -2.72. The summed E-state index contributed by atoms with van der Waals surface area (Å²) in [4.78, 5) is 21.5. The normalized spacial score (nSPS) is 14.5. The highest BCUT2D eigenvalue weighted by molar-refractivity contribution is 9.10. The second-order valence-electron chi connectivity index (χ2n) is 5.22. The first-order valence-electron chi connectivity index (χ1n) is 6.97. The number of carbonyl (C=O) groups is 1. The maximum atomic E-state index is 13.7. The highest BCUT2D eigenvalue weighted by atomic mass is 79.9. The first-order chi connectivity index (χ1) is 11.3. The van der Waals surface area contributed by atoms with Crippen LogP contribution in [0.2, 0.25) is 0 Å². The number of hydrogen-bond acceptors (Lipinski definition) is 3. The molecule has 1 aliphatic rings. The number of aromatic nitrogens is 2. The van der Waals surface area contributed by atoms with Crippen LogP contribution in [0.3, 0.4) is 0 Å². The van der Waals surface area contributed by atoms with Crippen molar-refractivity contribution in [2.24, 2.45) is 0 Å². The summed E-state index contributed by atoms with van der Waals surface area (Å²) in [5.74, 6) is -1.21. The van der Waals surface area contributed by atoms with Gasteiger partial charge in [-0.25, -0.2) is 9.37 Å². The van der Waals surface area contributed by atoms with Gasteiger partial charge in [0.25, 0.3) is 5.91 Å². The number of alkyl halides is 3. The molecule has 24 heavy (non-hydrogen) atoms. The van der Waals surface area contributed by atoms with Gasteiger partial charge in [0.05, 0.1) is 16.9 Å². The summed E-state index contributed by atoms with van der Waals surface area (Å²) < 4.78 is 51.5. The zero-order chi connectivity index (χ0) is 17.5. The second-order valence-corrected chi connectivity index (χ2v) is 5.97. The summed E-state index contributed by atoms with van der Waals surface area (Å²) in [7, 11) is 0. The van der Waals surface area contributed by atoms with E-state index in [2.05, 4.69) is 25.9 Å². The van der Waals surface area contributed by atoms with Crippen molar-refractivity contribution >= 4 is 27.5 Å². The van der Waals surface area contributed by atoms with Gasteiger partial charge in [-0.1, -0.05) is 0 Å². The fourth-order valence-electron chi connectivity index (χ4n) is 2.47. The predicted octanol–water partition coefficient (Wildman–Crippen LogP) is 3.99. The van der Waals surface area contributed by atoms with Crippen molar-refractivity contribution in [2.75, 3.05) is 11.4 Å². The third kappa shape index (κ3) is 3.12. The Morgan fingerprint density at radius 1 is 1.29 bits per heavy atom. The number of pyridine rings is 2. The van der Waals surface area contributed by atoms with Crippen LogP contribution >= 0.6 is 15.9 Å². The molecule has 0 aliphatic carbocycles. The van der Waals surface area contributed by atoms with Crippen molar-refractivity contribution in [2.45, 2.75) is 19.0 Å². The standard InChI is InChI=1S/C15H10BrF4N3O/c16-13-9(17)6-12-10(22-13)2-1-5-23(12)14(24)11-4-3-8(7-21-11)15(18,19)20/h3-4,6-7H,1-2,5H2. The Hall–Kier alpha value is -2.03. The van der Waals surface area contributed by atoms with Crippen LogP contribution in [0.1, 0.15) is 28.2 Å². The van der Waals surface area contributed by atoms with Gasteiger partial charge >= 0.3 is 6.18 Å². The average Bonchev–Trinajstić information content (AvgIpc) is 2.54. The number of fused-ring (bicyclic) bond motifs is 1. The monoisotopic (exact) mass is 403 g/mol. The molecule has 0 fully saturated rings. The fourth-order valence-corrected chi connectivity index (χ4v) is 2.80. The first kappa shape index (κ1) is 16.8. The lowest BCUT2D eigenvalue weighted by molar-refractivity contribution is -0.137. The number of aryl methyl sites for hydroxylation is 1. The minimum atomic E-state index is -4.52. The van der Waals surface area contributed by atoms with Crippen molar-refractivity contribution in [3.05, 3.63) is 51.8 Å². The van der Waals surface area contributed by atoms with E-state index in [9.17, 15) is 22.4 Å². The SMILES string of the molecule is O=C(c1ccc(C(F)(F)F)cn1)N1CCCc2nc(Br)c(F)cc21. The zero-order valence-corrected chi connectivity index (χ0v) is 13.7. The van der Waals surface area contributed by atoms with Gasteiger partial charge in [-0.05, 0) is 40.9 Å². The highest BCUT2D eigenvalue weighted by Crippen LogP contribution is 2.31. The van der Waals surface area contributed by atoms with Crippen LogP contribution in [0, 0.1) is 5.82 Å².